The molecule has 0 heterocycles. The Morgan fingerprint density at radius 3 is 1.87 bits per heavy atom. The van der Waals surface area contributed by atoms with E-state index in [2.05, 4.69) is 0 Å². The van der Waals surface area contributed by atoms with Gasteiger partial charge in [-0.25, -0.2) is 16.8 Å². The van der Waals surface area contributed by atoms with Crippen LogP contribution in [0.2, 0.25) is 0 Å². The van der Waals surface area contributed by atoms with Gasteiger partial charge < -0.3 is 4.74 Å². The predicted octanol–water partition coefficient (Wildman–Crippen LogP) is 1.92. The lowest BCUT2D eigenvalue weighted by molar-refractivity contribution is 0.163. The van der Waals surface area contributed by atoms with Gasteiger partial charge in [0.25, 0.3) is 0 Å². The van der Waals surface area contributed by atoms with Crippen molar-refractivity contribution in [1.82, 2.24) is 4.31 Å². The van der Waals surface area contributed by atoms with Gasteiger partial charge in [0.1, 0.15) is 0 Å². The first-order valence-electron chi connectivity index (χ1n) is 7.49. The number of benzene rings is 1. The van der Waals surface area contributed by atoms with Crippen LogP contribution in [0.1, 0.15) is 26.7 Å². The molecule has 0 atom stereocenters. The van der Waals surface area contributed by atoms with E-state index in [4.69, 9.17) is 4.74 Å². The van der Waals surface area contributed by atoms with Gasteiger partial charge in [-0.3, -0.25) is 0 Å². The van der Waals surface area contributed by atoms with Gasteiger partial charge in [0, 0.05) is 26.0 Å². The fraction of sp³-hybridized carbons (Fsp3) is 0.600. The smallest absolute Gasteiger partial charge is 0.243 e. The predicted molar refractivity (Wildman–Crippen MR) is 89.7 cm³/mol. The van der Waals surface area contributed by atoms with E-state index in [1.54, 1.807) is 0 Å². The third kappa shape index (κ3) is 5.00. The molecular formula is C15H25NO5S2. The van der Waals surface area contributed by atoms with E-state index in [0.717, 1.165) is 6.26 Å². The average molecular weight is 364 g/mol. The number of rotatable bonds is 9. The summed E-state index contributed by atoms with van der Waals surface area (Å²) in [6, 6.07) is 5.21. The fourth-order valence-electron chi connectivity index (χ4n) is 2.37. The van der Waals surface area contributed by atoms with Crippen LogP contribution < -0.4 is 0 Å². The lowest BCUT2D eigenvalue weighted by Crippen LogP contribution is -2.41. The molecule has 0 radical (unpaired) electrons. The van der Waals surface area contributed by atoms with Crippen molar-refractivity contribution < 1.29 is 21.6 Å². The van der Waals surface area contributed by atoms with Crippen molar-refractivity contribution in [1.29, 1.82) is 0 Å². The maximum absolute atomic E-state index is 12.9. The first kappa shape index (κ1) is 20.1. The van der Waals surface area contributed by atoms with Gasteiger partial charge in [-0.15, -0.1) is 0 Å². The van der Waals surface area contributed by atoms with E-state index in [0.29, 0.717) is 19.4 Å². The van der Waals surface area contributed by atoms with Crippen LogP contribution in [0.4, 0.5) is 0 Å². The molecule has 132 valence electrons. The van der Waals surface area contributed by atoms with E-state index < -0.39 is 19.9 Å². The van der Waals surface area contributed by atoms with Gasteiger partial charge in [-0.1, -0.05) is 13.8 Å². The standard InChI is InChI=1S/C15H25NO5S2/c1-5-13(6-2)16(11-12-21-3)23(19,20)15-9-7-14(8-10-15)22(4,17)18/h7-10,13H,5-6,11-12H2,1-4H3. The summed E-state index contributed by atoms with van der Waals surface area (Å²) in [5.74, 6) is 0. The van der Waals surface area contributed by atoms with Crippen LogP contribution in [0.15, 0.2) is 34.1 Å². The SMILES string of the molecule is CCC(CC)N(CCOC)S(=O)(=O)c1ccc(S(C)(=O)=O)cc1. The van der Waals surface area contributed by atoms with Gasteiger partial charge in [-0.05, 0) is 37.1 Å². The second-order valence-corrected chi connectivity index (χ2v) is 9.23. The van der Waals surface area contributed by atoms with Gasteiger partial charge in [0.15, 0.2) is 9.84 Å². The largest absolute Gasteiger partial charge is 0.383 e. The molecule has 0 aliphatic rings. The molecule has 0 aliphatic carbocycles. The van der Waals surface area contributed by atoms with Crippen molar-refractivity contribution in [3.8, 4) is 0 Å². The second kappa shape index (κ2) is 8.23. The molecule has 0 N–H and O–H groups in total. The zero-order valence-corrected chi connectivity index (χ0v) is 15.7. The minimum atomic E-state index is -3.70. The summed E-state index contributed by atoms with van der Waals surface area (Å²) in [5.41, 5.74) is 0. The van der Waals surface area contributed by atoms with Crippen molar-refractivity contribution in [3.63, 3.8) is 0 Å². The Balaban J connectivity index is 3.23. The lowest BCUT2D eigenvalue weighted by atomic mass is 10.2. The number of sulfonamides is 1. The highest BCUT2D eigenvalue weighted by molar-refractivity contribution is 7.90. The Bertz CT molecular complexity index is 692. The highest BCUT2D eigenvalue weighted by Gasteiger charge is 2.29. The van der Waals surface area contributed by atoms with Crippen molar-refractivity contribution in [2.75, 3.05) is 26.5 Å². The molecule has 23 heavy (non-hydrogen) atoms. The normalized spacial score (nSPS) is 13.0. The van der Waals surface area contributed by atoms with E-state index in [1.807, 2.05) is 13.8 Å². The van der Waals surface area contributed by atoms with Crippen molar-refractivity contribution in [3.05, 3.63) is 24.3 Å². The Morgan fingerprint density at radius 1 is 1.00 bits per heavy atom. The summed E-state index contributed by atoms with van der Waals surface area (Å²) >= 11 is 0. The first-order valence-corrected chi connectivity index (χ1v) is 10.8. The molecule has 0 spiro atoms. The molecule has 1 aromatic carbocycles. The molecule has 1 aromatic rings. The van der Waals surface area contributed by atoms with Crippen LogP contribution in [0.25, 0.3) is 0 Å². The minimum absolute atomic E-state index is 0.0907. The van der Waals surface area contributed by atoms with E-state index in [9.17, 15) is 16.8 Å². The van der Waals surface area contributed by atoms with Crippen LogP contribution in [0, 0.1) is 0 Å². The third-order valence-electron chi connectivity index (χ3n) is 3.72. The van der Waals surface area contributed by atoms with Crippen LogP contribution in [-0.2, 0) is 24.6 Å². The van der Waals surface area contributed by atoms with Crippen LogP contribution >= 0.6 is 0 Å². The van der Waals surface area contributed by atoms with Crippen molar-refractivity contribution >= 4 is 19.9 Å². The number of nitrogens with zero attached hydrogens (tertiary/aromatic N) is 1. The Labute approximate surface area is 139 Å². The number of ether oxygens (including phenoxy) is 1. The summed E-state index contributed by atoms with van der Waals surface area (Å²) < 4.78 is 55.2. The number of hydrogen-bond acceptors (Lipinski definition) is 5. The Morgan fingerprint density at radius 2 is 1.48 bits per heavy atom. The molecule has 6 nitrogen and oxygen atoms in total. The highest BCUT2D eigenvalue weighted by Crippen LogP contribution is 2.22. The monoisotopic (exact) mass is 363 g/mol. The molecule has 0 amide bonds. The zero-order chi connectivity index (χ0) is 17.7. The summed E-state index contributed by atoms with van der Waals surface area (Å²) in [7, 11) is -5.53. The maximum Gasteiger partial charge on any atom is 0.243 e. The molecule has 0 saturated heterocycles. The van der Waals surface area contributed by atoms with Gasteiger partial charge in [0.2, 0.25) is 10.0 Å². The van der Waals surface area contributed by atoms with Crippen LogP contribution in [0.5, 0.6) is 0 Å². The van der Waals surface area contributed by atoms with Crippen LogP contribution in [-0.4, -0.2) is 53.7 Å². The van der Waals surface area contributed by atoms with Gasteiger partial charge in [0.05, 0.1) is 16.4 Å². The third-order valence-corrected chi connectivity index (χ3v) is 6.82. The first-order chi connectivity index (χ1) is 10.7. The number of sulfone groups is 1. The Hall–Kier alpha value is -0.960. The minimum Gasteiger partial charge on any atom is -0.383 e. The number of methoxy groups -OCH3 is 1. The topological polar surface area (TPSA) is 80.8 Å². The van der Waals surface area contributed by atoms with E-state index >= 15 is 0 Å². The maximum atomic E-state index is 12.9. The molecule has 0 saturated carbocycles. The summed E-state index contributed by atoms with van der Waals surface area (Å²) in [6.45, 7) is 4.45. The lowest BCUT2D eigenvalue weighted by Gasteiger charge is -2.29. The molecule has 0 aromatic heterocycles. The van der Waals surface area contributed by atoms with Crippen LogP contribution in [0.3, 0.4) is 0 Å². The average Bonchev–Trinajstić information content (AvgIpc) is 2.50. The Kier molecular flexibility index (Phi) is 7.19. The molecule has 0 bridgehead atoms. The molecule has 0 aliphatic heterocycles. The summed E-state index contributed by atoms with van der Waals surface area (Å²) in [6.07, 6.45) is 2.48. The molecule has 1 rings (SSSR count). The fourth-order valence-corrected chi connectivity index (χ4v) is 4.76. The van der Waals surface area contributed by atoms with E-state index in [-0.39, 0.29) is 22.4 Å². The van der Waals surface area contributed by atoms with E-state index in [1.165, 1.54) is 35.7 Å². The van der Waals surface area contributed by atoms with Gasteiger partial charge in [-0.2, -0.15) is 4.31 Å². The van der Waals surface area contributed by atoms with Crippen molar-refractivity contribution in [2.45, 2.75) is 42.5 Å². The highest BCUT2D eigenvalue weighted by atomic mass is 32.2. The summed E-state index contributed by atoms with van der Waals surface area (Å²) in [4.78, 5) is 0.190. The summed E-state index contributed by atoms with van der Waals surface area (Å²) in [5, 5.41) is 0. The molecule has 8 heteroatoms. The molecular weight excluding hydrogens is 338 g/mol. The molecule has 0 fully saturated rings. The number of hydrogen-bond donors (Lipinski definition) is 0. The van der Waals surface area contributed by atoms with Crippen molar-refractivity contribution in [2.24, 2.45) is 0 Å². The zero-order valence-electron chi connectivity index (χ0n) is 14.0. The second-order valence-electron chi connectivity index (χ2n) is 5.32. The quantitative estimate of drug-likeness (QED) is 0.669. The van der Waals surface area contributed by atoms with Gasteiger partial charge >= 0.3 is 0 Å². The molecule has 0 unspecified atom stereocenters.